The number of nitrogens with one attached hydrogen (secondary N) is 1. The number of ether oxygens (including phenoxy) is 1. The summed E-state index contributed by atoms with van der Waals surface area (Å²) in [7, 11) is 0. The summed E-state index contributed by atoms with van der Waals surface area (Å²) in [6, 6.07) is 5.83. The molecule has 1 aliphatic rings. The van der Waals surface area contributed by atoms with Crippen molar-refractivity contribution in [1.29, 1.82) is 0 Å². The van der Waals surface area contributed by atoms with Crippen molar-refractivity contribution < 1.29 is 9.13 Å². The lowest BCUT2D eigenvalue weighted by molar-refractivity contribution is 0.296. The summed E-state index contributed by atoms with van der Waals surface area (Å²) in [5.41, 5.74) is 0.970. The van der Waals surface area contributed by atoms with Gasteiger partial charge in [0.25, 0.3) is 0 Å². The molecule has 3 heteroatoms. The number of unbranched alkanes of at least 4 members (excludes halogenated alkanes) is 1. The predicted molar refractivity (Wildman–Crippen MR) is 71.2 cm³/mol. The third kappa shape index (κ3) is 4.15. The van der Waals surface area contributed by atoms with E-state index >= 15 is 0 Å². The largest absolute Gasteiger partial charge is 0.491 e. The second-order valence-corrected chi connectivity index (χ2v) is 4.70. The Hall–Kier alpha value is -1.35. The van der Waals surface area contributed by atoms with E-state index in [9.17, 15) is 4.39 Å². The van der Waals surface area contributed by atoms with Crippen LogP contribution in [0.25, 0.3) is 0 Å². The van der Waals surface area contributed by atoms with Crippen LogP contribution in [0.5, 0.6) is 5.75 Å². The number of hydrogen-bond acceptors (Lipinski definition) is 2. The summed E-state index contributed by atoms with van der Waals surface area (Å²) in [6.07, 6.45) is 6.09. The highest BCUT2D eigenvalue weighted by Gasteiger charge is 2.20. The van der Waals surface area contributed by atoms with E-state index in [1.165, 1.54) is 12.8 Å². The third-order valence-electron chi connectivity index (χ3n) is 2.98. The fourth-order valence-corrected chi connectivity index (χ4v) is 1.73. The predicted octanol–water partition coefficient (Wildman–Crippen LogP) is 3.42. The Kier molecular flexibility index (Phi) is 4.76. The second-order valence-electron chi connectivity index (χ2n) is 4.70. The minimum Gasteiger partial charge on any atom is -0.491 e. The first-order chi connectivity index (χ1) is 8.79. The zero-order chi connectivity index (χ0) is 12.8. The van der Waals surface area contributed by atoms with E-state index in [0.29, 0.717) is 18.4 Å². The molecule has 1 aliphatic carbocycles. The van der Waals surface area contributed by atoms with Gasteiger partial charge in [0.05, 0.1) is 6.61 Å². The molecule has 1 N–H and O–H groups in total. The molecule has 1 fully saturated rings. The van der Waals surface area contributed by atoms with E-state index in [0.717, 1.165) is 24.9 Å². The van der Waals surface area contributed by atoms with Crippen molar-refractivity contribution >= 4 is 0 Å². The normalized spacial score (nSPS) is 14.5. The first-order valence-corrected chi connectivity index (χ1v) is 6.55. The zero-order valence-electron chi connectivity index (χ0n) is 10.6. The Morgan fingerprint density at radius 1 is 1.44 bits per heavy atom. The Balaban J connectivity index is 1.81. The molecular weight excluding hydrogens is 229 g/mol. The molecule has 98 valence electrons. The summed E-state index contributed by atoms with van der Waals surface area (Å²) >= 11 is 0. The zero-order valence-corrected chi connectivity index (χ0v) is 10.6. The first kappa shape index (κ1) is 13.1. The van der Waals surface area contributed by atoms with E-state index in [-0.39, 0.29) is 5.82 Å². The summed E-state index contributed by atoms with van der Waals surface area (Å²) in [5.74, 6) is 0.0675. The lowest BCUT2D eigenvalue weighted by atomic mass is 10.2. The maximum atomic E-state index is 13.7. The molecule has 0 spiro atoms. The molecule has 1 aromatic carbocycles. The average molecular weight is 249 g/mol. The lowest BCUT2D eigenvalue weighted by Crippen LogP contribution is -2.15. The number of halogens is 1. The Morgan fingerprint density at radius 3 is 2.94 bits per heavy atom. The van der Waals surface area contributed by atoms with E-state index in [2.05, 4.69) is 11.9 Å². The molecular formula is C15H20FNO. The van der Waals surface area contributed by atoms with Gasteiger partial charge in [0.15, 0.2) is 11.6 Å². The van der Waals surface area contributed by atoms with E-state index in [4.69, 9.17) is 4.74 Å². The monoisotopic (exact) mass is 249 g/mol. The van der Waals surface area contributed by atoms with E-state index in [1.54, 1.807) is 12.1 Å². The van der Waals surface area contributed by atoms with Gasteiger partial charge < -0.3 is 10.1 Å². The molecule has 1 aromatic rings. The topological polar surface area (TPSA) is 21.3 Å². The van der Waals surface area contributed by atoms with E-state index in [1.807, 2.05) is 12.1 Å². The molecule has 0 bridgehead atoms. The number of benzene rings is 1. The van der Waals surface area contributed by atoms with Crippen molar-refractivity contribution in [3.8, 4) is 5.75 Å². The molecule has 0 saturated heterocycles. The molecule has 0 amide bonds. The van der Waals surface area contributed by atoms with Crippen LogP contribution in [0.2, 0.25) is 0 Å². The van der Waals surface area contributed by atoms with Crippen LogP contribution < -0.4 is 10.1 Å². The van der Waals surface area contributed by atoms with Crippen molar-refractivity contribution in [3.63, 3.8) is 0 Å². The highest BCUT2D eigenvalue weighted by Crippen LogP contribution is 2.21. The van der Waals surface area contributed by atoms with Crippen molar-refractivity contribution in [2.75, 3.05) is 6.61 Å². The fraction of sp³-hybridized carbons (Fsp3) is 0.467. The van der Waals surface area contributed by atoms with Crippen molar-refractivity contribution in [1.82, 2.24) is 5.32 Å². The lowest BCUT2D eigenvalue weighted by Gasteiger charge is -2.08. The van der Waals surface area contributed by atoms with Crippen molar-refractivity contribution in [2.45, 2.75) is 38.3 Å². The highest BCUT2D eigenvalue weighted by atomic mass is 19.1. The molecule has 1 saturated carbocycles. The Bertz CT molecular complexity index is 401. The van der Waals surface area contributed by atoms with Crippen LogP contribution in [0.3, 0.4) is 0 Å². The minimum absolute atomic E-state index is 0.274. The maximum Gasteiger partial charge on any atom is 0.165 e. The molecule has 0 heterocycles. The van der Waals surface area contributed by atoms with Crippen LogP contribution in [-0.4, -0.2) is 12.6 Å². The third-order valence-corrected chi connectivity index (χ3v) is 2.98. The molecule has 2 nitrogen and oxygen atoms in total. The molecule has 2 rings (SSSR count). The van der Waals surface area contributed by atoms with Crippen LogP contribution in [-0.2, 0) is 6.54 Å². The quantitative estimate of drug-likeness (QED) is 0.563. The van der Waals surface area contributed by atoms with Gasteiger partial charge in [0.2, 0.25) is 0 Å². The van der Waals surface area contributed by atoms with Gasteiger partial charge >= 0.3 is 0 Å². The molecule has 0 atom stereocenters. The van der Waals surface area contributed by atoms with Crippen molar-refractivity contribution in [2.24, 2.45) is 0 Å². The first-order valence-electron chi connectivity index (χ1n) is 6.55. The molecule has 0 unspecified atom stereocenters. The highest BCUT2D eigenvalue weighted by molar-refractivity contribution is 5.29. The van der Waals surface area contributed by atoms with Gasteiger partial charge in [-0.05, 0) is 43.4 Å². The SMILES string of the molecule is C=CCCCOc1ccc(CNC2CC2)cc1F. The van der Waals surface area contributed by atoms with Gasteiger partial charge in [-0.1, -0.05) is 12.1 Å². The molecule has 0 radical (unpaired) electrons. The number of rotatable bonds is 8. The summed E-state index contributed by atoms with van der Waals surface area (Å²) < 4.78 is 19.1. The Labute approximate surface area is 108 Å². The Morgan fingerprint density at radius 2 is 2.28 bits per heavy atom. The van der Waals surface area contributed by atoms with Gasteiger partial charge in [-0.25, -0.2) is 4.39 Å². The maximum absolute atomic E-state index is 13.7. The van der Waals surface area contributed by atoms with Crippen LogP contribution in [0.4, 0.5) is 4.39 Å². The van der Waals surface area contributed by atoms with E-state index < -0.39 is 0 Å². The average Bonchev–Trinajstić information content (AvgIpc) is 3.18. The molecule has 0 aliphatic heterocycles. The van der Waals surface area contributed by atoms with Gasteiger partial charge in [-0.15, -0.1) is 6.58 Å². The minimum atomic E-state index is -0.274. The van der Waals surface area contributed by atoms with Crippen molar-refractivity contribution in [3.05, 3.63) is 42.2 Å². The molecule has 18 heavy (non-hydrogen) atoms. The fourth-order valence-electron chi connectivity index (χ4n) is 1.73. The van der Waals surface area contributed by atoms with Gasteiger partial charge in [-0.2, -0.15) is 0 Å². The smallest absolute Gasteiger partial charge is 0.165 e. The van der Waals surface area contributed by atoms with Gasteiger partial charge in [0.1, 0.15) is 0 Å². The van der Waals surface area contributed by atoms with Crippen LogP contribution in [0.15, 0.2) is 30.9 Å². The second kappa shape index (κ2) is 6.55. The van der Waals surface area contributed by atoms with Crippen LogP contribution in [0.1, 0.15) is 31.2 Å². The van der Waals surface area contributed by atoms with Crippen LogP contribution in [0, 0.1) is 5.82 Å². The van der Waals surface area contributed by atoms with Crippen LogP contribution >= 0.6 is 0 Å². The molecule has 0 aromatic heterocycles. The summed E-state index contributed by atoms with van der Waals surface area (Å²) in [4.78, 5) is 0. The number of allylic oxidation sites excluding steroid dienone is 1. The standard InChI is InChI=1S/C15H20FNO/c1-2-3-4-9-18-15-8-5-12(10-14(15)16)11-17-13-6-7-13/h2,5,8,10,13,17H,1,3-4,6-7,9,11H2. The van der Waals surface area contributed by atoms with Gasteiger partial charge in [-0.3, -0.25) is 0 Å². The number of hydrogen-bond donors (Lipinski definition) is 1. The summed E-state index contributed by atoms with van der Waals surface area (Å²) in [6.45, 7) is 4.90. The van der Waals surface area contributed by atoms with Gasteiger partial charge in [0, 0.05) is 12.6 Å². The summed E-state index contributed by atoms with van der Waals surface area (Å²) in [5, 5.41) is 3.36.